The van der Waals surface area contributed by atoms with Crippen LogP contribution >= 0.6 is 0 Å². The first-order valence-corrected chi connectivity index (χ1v) is 7.24. The molecule has 2 aromatic rings. The molecular formula is C16H16FN5. The first-order valence-electron chi connectivity index (χ1n) is 7.24. The highest BCUT2D eigenvalue weighted by Crippen LogP contribution is 2.25. The van der Waals surface area contributed by atoms with E-state index in [1.165, 1.54) is 12.1 Å². The van der Waals surface area contributed by atoms with Gasteiger partial charge in [0.05, 0.1) is 11.3 Å². The SMILES string of the molecule is N#Cc1cc(F)ccc1N1CCCC(Nc2ncccn2)C1. The van der Waals surface area contributed by atoms with Gasteiger partial charge in [-0.15, -0.1) is 0 Å². The molecule has 0 radical (unpaired) electrons. The smallest absolute Gasteiger partial charge is 0.222 e. The van der Waals surface area contributed by atoms with Crippen LogP contribution in [0.15, 0.2) is 36.7 Å². The summed E-state index contributed by atoms with van der Waals surface area (Å²) in [6.07, 6.45) is 5.40. The van der Waals surface area contributed by atoms with Gasteiger partial charge in [-0.05, 0) is 37.1 Å². The molecule has 1 unspecified atom stereocenters. The number of hydrogen-bond acceptors (Lipinski definition) is 5. The van der Waals surface area contributed by atoms with E-state index in [0.717, 1.165) is 31.6 Å². The first kappa shape index (κ1) is 14.3. The molecule has 1 aromatic heterocycles. The molecule has 1 aliphatic rings. The summed E-state index contributed by atoms with van der Waals surface area (Å²) in [5.41, 5.74) is 1.15. The van der Waals surface area contributed by atoms with E-state index < -0.39 is 0 Å². The van der Waals surface area contributed by atoms with Gasteiger partial charge in [0.25, 0.3) is 0 Å². The lowest BCUT2D eigenvalue weighted by Gasteiger charge is -2.35. The Morgan fingerprint density at radius 1 is 1.32 bits per heavy atom. The Morgan fingerprint density at radius 2 is 2.14 bits per heavy atom. The molecule has 0 spiro atoms. The standard InChI is InChI=1S/C16H16FN5/c17-13-4-5-15(12(9-13)10-18)22-8-1-3-14(11-22)21-16-19-6-2-7-20-16/h2,4-7,9,14H,1,3,8,11H2,(H,19,20,21). The monoisotopic (exact) mass is 297 g/mol. The zero-order valence-corrected chi connectivity index (χ0v) is 12.0. The van der Waals surface area contributed by atoms with E-state index in [1.54, 1.807) is 24.5 Å². The van der Waals surface area contributed by atoms with Gasteiger partial charge in [0, 0.05) is 31.5 Å². The molecule has 1 aromatic carbocycles. The van der Waals surface area contributed by atoms with Crippen LogP contribution in [0.25, 0.3) is 0 Å². The zero-order chi connectivity index (χ0) is 15.4. The third-order valence-electron chi connectivity index (χ3n) is 3.74. The van der Waals surface area contributed by atoms with Crippen LogP contribution in [0.3, 0.4) is 0 Å². The molecule has 22 heavy (non-hydrogen) atoms. The van der Waals surface area contributed by atoms with Crippen LogP contribution in [0.4, 0.5) is 16.0 Å². The average Bonchev–Trinajstić information content (AvgIpc) is 2.56. The van der Waals surface area contributed by atoms with Gasteiger partial charge in [-0.1, -0.05) is 0 Å². The molecule has 1 saturated heterocycles. The second-order valence-electron chi connectivity index (χ2n) is 5.28. The van der Waals surface area contributed by atoms with Gasteiger partial charge in [0.15, 0.2) is 0 Å². The topological polar surface area (TPSA) is 64.8 Å². The summed E-state index contributed by atoms with van der Waals surface area (Å²) in [6.45, 7) is 1.59. The Morgan fingerprint density at radius 3 is 2.91 bits per heavy atom. The molecule has 2 heterocycles. The third kappa shape index (κ3) is 3.14. The van der Waals surface area contributed by atoms with Crippen molar-refractivity contribution in [3.8, 4) is 6.07 Å². The molecular weight excluding hydrogens is 281 g/mol. The summed E-state index contributed by atoms with van der Waals surface area (Å²) in [6, 6.07) is 8.40. The van der Waals surface area contributed by atoms with Crippen LogP contribution in [-0.4, -0.2) is 29.1 Å². The maximum absolute atomic E-state index is 13.3. The lowest BCUT2D eigenvalue weighted by atomic mass is 10.0. The van der Waals surface area contributed by atoms with E-state index in [0.29, 0.717) is 11.5 Å². The summed E-state index contributed by atoms with van der Waals surface area (Å²) in [4.78, 5) is 10.5. The van der Waals surface area contributed by atoms with Gasteiger partial charge in [-0.2, -0.15) is 5.26 Å². The van der Waals surface area contributed by atoms with Crippen molar-refractivity contribution in [1.82, 2.24) is 9.97 Å². The predicted molar refractivity (Wildman–Crippen MR) is 82.0 cm³/mol. The number of benzene rings is 1. The Labute approximate surface area is 128 Å². The Balaban J connectivity index is 1.75. The highest BCUT2D eigenvalue weighted by Gasteiger charge is 2.22. The Bertz CT molecular complexity index is 683. The van der Waals surface area contributed by atoms with Crippen molar-refractivity contribution in [3.05, 3.63) is 48.0 Å². The van der Waals surface area contributed by atoms with Crippen LogP contribution in [0, 0.1) is 17.1 Å². The highest BCUT2D eigenvalue weighted by molar-refractivity contribution is 5.60. The number of aromatic nitrogens is 2. The maximum Gasteiger partial charge on any atom is 0.222 e. The predicted octanol–water partition coefficient (Wildman–Crippen LogP) is 2.57. The van der Waals surface area contributed by atoms with Gasteiger partial charge in [0.1, 0.15) is 11.9 Å². The van der Waals surface area contributed by atoms with Gasteiger partial charge < -0.3 is 10.2 Å². The van der Waals surface area contributed by atoms with Crippen molar-refractivity contribution in [2.24, 2.45) is 0 Å². The van der Waals surface area contributed by atoms with Crippen molar-refractivity contribution in [1.29, 1.82) is 5.26 Å². The Kier molecular flexibility index (Phi) is 4.15. The molecule has 0 saturated carbocycles. The minimum absolute atomic E-state index is 0.202. The van der Waals surface area contributed by atoms with Crippen molar-refractivity contribution < 1.29 is 4.39 Å². The summed E-state index contributed by atoms with van der Waals surface area (Å²) in [7, 11) is 0. The van der Waals surface area contributed by atoms with Crippen molar-refractivity contribution in [2.75, 3.05) is 23.3 Å². The second-order valence-corrected chi connectivity index (χ2v) is 5.28. The molecule has 1 atom stereocenters. The van der Waals surface area contributed by atoms with E-state index in [2.05, 4.69) is 26.3 Å². The number of anilines is 2. The van der Waals surface area contributed by atoms with Crippen LogP contribution in [0.1, 0.15) is 18.4 Å². The zero-order valence-electron chi connectivity index (χ0n) is 12.0. The number of rotatable bonds is 3. The Hall–Kier alpha value is -2.68. The fourth-order valence-corrected chi connectivity index (χ4v) is 2.74. The summed E-state index contributed by atoms with van der Waals surface area (Å²) in [5, 5.41) is 12.5. The van der Waals surface area contributed by atoms with Crippen LogP contribution in [0.2, 0.25) is 0 Å². The first-order chi connectivity index (χ1) is 10.8. The van der Waals surface area contributed by atoms with Gasteiger partial charge in [-0.25, -0.2) is 14.4 Å². The number of nitrogens with zero attached hydrogens (tertiary/aromatic N) is 4. The quantitative estimate of drug-likeness (QED) is 0.943. The van der Waals surface area contributed by atoms with Crippen molar-refractivity contribution >= 4 is 11.6 Å². The van der Waals surface area contributed by atoms with E-state index in [4.69, 9.17) is 0 Å². The van der Waals surface area contributed by atoms with Crippen LogP contribution < -0.4 is 10.2 Å². The highest BCUT2D eigenvalue weighted by atomic mass is 19.1. The van der Waals surface area contributed by atoms with E-state index >= 15 is 0 Å². The van der Waals surface area contributed by atoms with E-state index in [9.17, 15) is 9.65 Å². The normalized spacial score (nSPS) is 17.8. The molecule has 3 rings (SSSR count). The van der Waals surface area contributed by atoms with Gasteiger partial charge in [0.2, 0.25) is 5.95 Å². The molecule has 5 nitrogen and oxygen atoms in total. The number of halogens is 1. The molecule has 0 bridgehead atoms. The number of nitrogens with one attached hydrogen (secondary N) is 1. The largest absolute Gasteiger partial charge is 0.368 e. The maximum atomic E-state index is 13.3. The summed E-state index contributed by atoms with van der Waals surface area (Å²) < 4.78 is 13.3. The molecule has 1 aliphatic heterocycles. The number of nitriles is 1. The molecule has 0 aliphatic carbocycles. The molecule has 6 heteroatoms. The summed E-state index contributed by atoms with van der Waals surface area (Å²) in [5.74, 6) is 0.221. The minimum Gasteiger partial charge on any atom is -0.368 e. The summed E-state index contributed by atoms with van der Waals surface area (Å²) >= 11 is 0. The minimum atomic E-state index is -0.385. The van der Waals surface area contributed by atoms with Crippen molar-refractivity contribution in [3.63, 3.8) is 0 Å². The van der Waals surface area contributed by atoms with Crippen LogP contribution in [-0.2, 0) is 0 Å². The number of piperidine rings is 1. The number of hydrogen-bond donors (Lipinski definition) is 1. The van der Waals surface area contributed by atoms with E-state index in [1.807, 2.05) is 0 Å². The van der Waals surface area contributed by atoms with E-state index in [-0.39, 0.29) is 11.9 Å². The average molecular weight is 297 g/mol. The third-order valence-corrected chi connectivity index (χ3v) is 3.74. The lowest BCUT2D eigenvalue weighted by molar-refractivity contribution is 0.527. The van der Waals surface area contributed by atoms with Gasteiger partial charge in [-0.3, -0.25) is 0 Å². The fourth-order valence-electron chi connectivity index (χ4n) is 2.74. The second kappa shape index (κ2) is 6.39. The molecule has 1 fully saturated rings. The van der Waals surface area contributed by atoms with Gasteiger partial charge >= 0.3 is 0 Å². The molecule has 0 amide bonds. The fraction of sp³-hybridized carbons (Fsp3) is 0.312. The van der Waals surface area contributed by atoms with Crippen molar-refractivity contribution in [2.45, 2.75) is 18.9 Å². The molecule has 112 valence electrons. The lowest BCUT2D eigenvalue weighted by Crippen LogP contribution is -2.42. The molecule has 1 N–H and O–H groups in total. The van der Waals surface area contributed by atoms with Crippen LogP contribution in [0.5, 0.6) is 0 Å².